The Morgan fingerprint density at radius 1 is 1.33 bits per heavy atom. The van der Waals surface area contributed by atoms with Crippen molar-refractivity contribution in [3.63, 3.8) is 0 Å². The highest BCUT2D eigenvalue weighted by Crippen LogP contribution is 2.47. The lowest BCUT2D eigenvalue weighted by Gasteiger charge is -2.33. The number of hydrazine groups is 1. The van der Waals surface area contributed by atoms with Crippen LogP contribution >= 0.6 is 0 Å². The third-order valence-corrected chi connectivity index (χ3v) is 6.47. The summed E-state index contributed by atoms with van der Waals surface area (Å²) in [6.45, 7) is 1.05. The zero-order chi connectivity index (χ0) is 14.4. The van der Waals surface area contributed by atoms with Crippen LogP contribution in [0.5, 0.6) is 0 Å². The summed E-state index contributed by atoms with van der Waals surface area (Å²) in [5.41, 5.74) is 8.48. The number of pyridine rings is 1. The van der Waals surface area contributed by atoms with Crippen LogP contribution in [0.4, 0.5) is 0 Å². The number of aromatic nitrogens is 1. The third kappa shape index (κ3) is 2.15. The molecule has 0 aromatic carbocycles. The molecule has 1 aliphatic carbocycles. The lowest BCUT2D eigenvalue weighted by atomic mass is 9.90. The van der Waals surface area contributed by atoms with Crippen LogP contribution in [-0.2, 0) is 10.8 Å². The molecule has 0 radical (unpaired) electrons. The predicted octanol–water partition coefficient (Wildman–Crippen LogP) is 2.42. The molecule has 0 spiro atoms. The number of rotatable bonds is 1. The fourth-order valence-corrected chi connectivity index (χ4v) is 5.24. The predicted molar refractivity (Wildman–Crippen MR) is 83.4 cm³/mol. The van der Waals surface area contributed by atoms with Crippen molar-refractivity contribution < 1.29 is 4.21 Å². The van der Waals surface area contributed by atoms with E-state index in [1.54, 1.807) is 6.20 Å². The standard InChI is InChI=1S/C16H19N3OS/c1-19-9-7-11-5-6-14-12(16(11)18-19)10-15(21(14)20)13-4-2-3-8-17-13/h2-4,8,15,18H,5-7,9-10H2,1H3. The van der Waals surface area contributed by atoms with Gasteiger partial charge in [-0.1, -0.05) is 6.07 Å². The lowest BCUT2D eigenvalue weighted by Crippen LogP contribution is -2.40. The average molecular weight is 301 g/mol. The Hall–Kier alpha value is -1.46. The van der Waals surface area contributed by atoms with Crippen LogP contribution in [-0.4, -0.2) is 27.8 Å². The fourth-order valence-electron chi connectivity index (χ4n) is 3.49. The zero-order valence-corrected chi connectivity index (χ0v) is 12.9. The van der Waals surface area contributed by atoms with Crippen molar-refractivity contribution in [3.8, 4) is 0 Å². The largest absolute Gasteiger partial charge is 0.319 e. The highest BCUT2D eigenvalue weighted by molar-refractivity contribution is 7.89. The van der Waals surface area contributed by atoms with Gasteiger partial charge in [-0.05, 0) is 49.0 Å². The minimum absolute atomic E-state index is 0.0251. The second-order valence-electron chi connectivity index (χ2n) is 5.91. The Bertz CT molecular complexity index is 665. The molecule has 2 aliphatic heterocycles. The maximum Gasteiger partial charge on any atom is 0.0854 e. The summed E-state index contributed by atoms with van der Waals surface area (Å²) >= 11 is 0. The Balaban J connectivity index is 1.70. The van der Waals surface area contributed by atoms with Gasteiger partial charge in [-0.3, -0.25) is 9.19 Å². The van der Waals surface area contributed by atoms with Crippen molar-refractivity contribution in [2.24, 2.45) is 0 Å². The van der Waals surface area contributed by atoms with Crippen LogP contribution in [0.25, 0.3) is 0 Å². The average Bonchev–Trinajstić information content (AvgIpc) is 2.86. The number of fused-ring (bicyclic) bond motifs is 1. The van der Waals surface area contributed by atoms with Crippen molar-refractivity contribution >= 4 is 10.8 Å². The Morgan fingerprint density at radius 2 is 2.24 bits per heavy atom. The van der Waals surface area contributed by atoms with E-state index in [1.807, 2.05) is 18.2 Å². The van der Waals surface area contributed by atoms with Gasteiger partial charge in [0.1, 0.15) is 0 Å². The van der Waals surface area contributed by atoms with Gasteiger partial charge in [-0.15, -0.1) is 0 Å². The summed E-state index contributed by atoms with van der Waals surface area (Å²) in [4.78, 5) is 5.57. The van der Waals surface area contributed by atoms with Gasteiger partial charge in [-0.25, -0.2) is 5.01 Å². The molecule has 0 bridgehead atoms. The van der Waals surface area contributed by atoms with Crippen molar-refractivity contribution in [1.29, 1.82) is 0 Å². The summed E-state index contributed by atoms with van der Waals surface area (Å²) in [6, 6.07) is 5.89. The molecule has 0 saturated carbocycles. The second kappa shape index (κ2) is 5.07. The molecule has 110 valence electrons. The molecule has 2 unspecified atom stereocenters. The van der Waals surface area contributed by atoms with Gasteiger partial charge in [0, 0.05) is 24.7 Å². The quantitative estimate of drug-likeness (QED) is 0.865. The van der Waals surface area contributed by atoms with Crippen LogP contribution in [0, 0.1) is 0 Å². The first-order valence-corrected chi connectivity index (χ1v) is 8.69. The Morgan fingerprint density at radius 3 is 3.05 bits per heavy atom. The summed E-state index contributed by atoms with van der Waals surface area (Å²) in [6.07, 6.45) is 5.77. The molecule has 0 fully saturated rings. The molecular formula is C16H19N3OS. The highest BCUT2D eigenvalue weighted by atomic mass is 32.2. The van der Waals surface area contributed by atoms with E-state index in [-0.39, 0.29) is 5.25 Å². The number of hydrogen-bond donors (Lipinski definition) is 1. The fraction of sp³-hybridized carbons (Fsp3) is 0.438. The van der Waals surface area contributed by atoms with Crippen LogP contribution in [0.2, 0.25) is 0 Å². The smallest absolute Gasteiger partial charge is 0.0854 e. The van der Waals surface area contributed by atoms with Crippen molar-refractivity contribution in [2.75, 3.05) is 13.6 Å². The molecule has 3 aliphatic rings. The lowest BCUT2D eigenvalue weighted by molar-refractivity contribution is 0.248. The summed E-state index contributed by atoms with van der Waals surface area (Å²) < 4.78 is 12.8. The number of hydrogen-bond acceptors (Lipinski definition) is 4. The van der Waals surface area contributed by atoms with Gasteiger partial charge < -0.3 is 5.43 Å². The maximum absolute atomic E-state index is 12.8. The summed E-state index contributed by atoms with van der Waals surface area (Å²) in [7, 11) is 1.14. The van der Waals surface area contributed by atoms with Crippen LogP contribution in [0.15, 0.2) is 46.1 Å². The molecule has 3 heterocycles. The van der Waals surface area contributed by atoms with Gasteiger partial charge >= 0.3 is 0 Å². The van der Waals surface area contributed by atoms with E-state index >= 15 is 0 Å². The Kier molecular flexibility index (Phi) is 3.19. The number of allylic oxidation sites excluding steroid dienone is 2. The van der Waals surface area contributed by atoms with Crippen LogP contribution in [0.3, 0.4) is 0 Å². The zero-order valence-electron chi connectivity index (χ0n) is 12.1. The molecule has 1 aromatic rings. The SMILES string of the molecule is CN1CCC2=C(N1)C1=C(CC2)S(=O)C(c2ccccn2)C1. The normalized spacial score (nSPS) is 29.2. The number of nitrogens with one attached hydrogen (secondary N) is 1. The molecule has 4 nitrogen and oxygen atoms in total. The van der Waals surface area contributed by atoms with Gasteiger partial charge in [0.25, 0.3) is 0 Å². The van der Waals surface area contributed by atoms with E-state index in [4.69, 9.17) is 0 Å². The van der Waals surface area contributed by atoms with Gasteiger partial charge in [0.2, 0.25) is 0 Å². The second-order valence-corrected chi connectivity index (χ2v) is 7.57. The van der Waals surface area contributed by atoms with Gasteiger partial charge in [-0.2, -0.15) is 0 Å². The van der Waals surface area contributed by atoms with Crippen molar-refractivity contribution in [2.45, 2.75) is 30.9 Å². The van der Waals surface area contributed by atoms with E-state index in [2.05, 4.69) is 22.5 Å². The van der Waals surface area contributed by atoms with Crippen molar-refractivity contribution in [3.05, 3.63) is 51.8 Å². The van der Waals surface area contributed by atoms with Crippen LogP contribution < -0.4 is 5.43 Å². The summed E-state index contributed by atoms with van der Waals surface area (Å²) in [5.74, 6) is 0. The minimum Gasteiger partial charge on any atom is -0.319 e. The van der Waals surface area contributed by atoms with E-state index < -0.39 is 10.8 Å². The van der Waals surface area contributed by atoms with E-state index in [9.17, 15) is 4.21 Å². The molecule has 21 heavy (non-hydrogen) atoms. The molecule has 4 rings (SSSR count). The first-order valence-electron chi connectivity index (χ1n) is 7.48. The molecule has 0 amide bonds. The molecule has 5 heteroatoms. The van der Waals surface area contributed by atoms with E-state index in [1.165, 1.54) is 16.8 Å². The van der Waals surface area contributed by atoms with Gasteiger partial charge in [0.05, 0.1) is 27.4 Å². The minimum atomic E-state index is -0.930. The van der Waals surface area contributed by atoms with Gasteiger partial charge in [0.15, 0.2) is 0 Å². The number of nitrogens with zero attached hydrogens (tertiary/aromatic N) is 2. The van der Waals surface area contributed by atoms with E-state index in [0.29, 0.717) is 0 Å². The molecule has 1 aromatic heterocycles. The maximum atomic E-state index is 12.8. The Labute approximate surface area is 127 Å². The molecular weight excluding hydrogens is 282 g/mol. The molecule has 2 atom stereocenters. The molecule has 1 N–H and O–H groups in total. The first-order chi connectivity index (χ1) is 10.2. The van der Waals surface area contributed by atoms with E-state index in [0.717, 1.165) is 42.8 Å². The van der Waals surface area contributed by atoms with Crippen LogP contribution in [0.1, 0.15) is 36.6 Å². The molecule has 0 saturated heterocycles. The highest BCUT2D eigenvalue weighted by Gasteiger charge is 2.38. The monoisotopic (exact) mass is 301 g/mol. The third-order valence-electron chi connectivity index (χ3n) is 4.61. The van der Waals surface area contributed by atoms with Crippen molar-refractivity contribution in [1.82, 2.24) is 15.4 Å². The topological polar surface area (TPSA) is 45.2 Å². The summed E-state index contributed by atoms with van der Waals surface area (Å²) in [5, 5.41) is 2.16. The first kappa shape index (κ1) is 13.2.